The summed E-state index contributed by atoms with van der Waals surface area (Å²) in [5.41, 5.74) is 0.711. The lowest BCUT2D eigenvalue weighted by Crippen LogP contribution is -2.35. The molecule has 1 aromatic carbocycles. The van der Waals surface area contributed by atoms with E-state index < -0.39 is 10.0 Å². The number of hydrogen-bond donors (Lipinski definition) is 1. The number of rotatable bonds is 5. The molecule has 8 heteroatoms. The van der Waals surface area contributed by atoms with Crippen LogP contribution in [0.25, 0.3) is 0 Å². The fourth-order valence-corrected chi connectivity index (χ4v) is 4.85. The largest absolute Gasteiger partial charge is 0.352 e. The number of benzene rings is 1. The number of carbonyl (C=O) groups is 1. The van der Waals surface area contributed by atoms with Crippen LogP contribution < -0.4 is 10.2 Å². The van der Waals surface area contributed by atoms with E-state index in [1.807, 2.05) is 4.90 Å². The predicted octanol–water partition coefficient (Wildman–Crippen LogP) is 3.74. The van der Waals surface area contributed by atoms with Gasteiger partial charge in [0, 0.05) is 19.5 Å². The number of hydrogen-bond acceptors (Lipinski definition) is 4. The maximum absolute atomic E-state index is 12.6. The molecule has 0 aliphatic carbocycles. The highest BCUT2D eigenvalue weighted by Crippen LogP contribution is 2.37. The Balaban J connectivity index is 1.94. The van der Waals surface area contributed by atoms with Crippen LogP contribution in [0, 0.1) is 0 Å². The second kappa shape index (κ2) is 7.96. The first kappa shape index (κ1) is 19.2. The first-order valence-corrected chi connectivity index (χ1v) is 11.0. The number of amidine groups is 1. The zero-order chi connectivity index (χ0) is 18.7. The summed E-state index contributed by atoms with van der Waals surface area (Å²) >= 11 is 6.34. The molecule has 0 bridgehead atoms. The minimum atomic E-state index is -3.82. The van der Waals surface area contributed by atoms with Crippen LogP contribution in [0.5, 0.6) is 0 Å². The first-order valence-electron chi connectivity index (χ1n) is 9.17. The molecule has 0 unspecified atom stereocenters. The molecular formula is C18H24ClN3O3S. The molecule has 26 heavy (non-hydrogen) atoms. The van der Waals surface area contributed by atoms with E-state index in [2.05, 4.69) is 16.6 Å². The van der Waals surface area contributed by atoms with Crippen molar-refractivity contribution in [1.29, 1.82) is 0 Å². The van der Waals surface area contributed by atoms with E-state index in [0.29, 0.717) is 31.0 Å². The van der Waals surface area contributed by atoms with Gasteiger partial charge >= 0.3 is 0 Å². The molecule has 0 radical (unpaired) electrons. The number of carbonyl (C=O) groups excluding carboxylic acids is 1. The van der Waals surface area contributed by atoms with Gasteiger partial charge in [0.15, 0.2) is 0 Å². The lowest BCUT2D eigenvalue weighted by atomic mass is 10.1. The van der Waals surface area contributed by atoms with Gasteiger partial charge in [-0.2, -0.15) is 8.42 Å². The van der Waals surface area contributed by atoms with Gasteiger partial charge in [-0.05, 0) is 31.4 Å². The molecule has 3 rings (SSSR count). The Morgan fingerprint density at radius 1 is 1.27 bits per heavy atom. The fraction of sp³-hybridized carbons (Fsp3) is 0.556. The van der Waals surface area contributed by atoms with Crippen LogP contribution in [0.1, 0.15) is 62.2 Å². The molecule has 0 spiro atoms. The minimum Gasteiger partial charge on any atom is -0.352 e. The number of amides is 1. The predicted molar refractivity (Wildman–Crippen MR) is 104 cm³/mol. The maximum Gasteiger partial charge on any atom is 0.286 e. The monoisotopic (exact) mass is 397 g/mol. The number of anilines is 1. The summed E-state index contributed by atoms with van der Waals surface area (Å²) in [5.74, 6) is 0.220. The highest BCUT2D eigenvalue weighted by molar-refractivity contribution is 7.90. The zero-order valence-corrected chi connectivity index (χ0v) is 16.5. The zero-order valence-electron chi connectivity index (χ0n) is 14.9. The van der Waals surface area contributed by atoms with Crippen LogP contribution >= 0.6 is 11.6 Å². The van der Waals surface area contributed by atoms with E-state index in [4.69, 9.17) is 11.6 Å². The standard InChI is InChI=1S/C18H24ClN3O3S/c1-2-3-6-9-20-18(23)13-11-16-15(12-14(13)19)22-10-7-4-5-8-17(22)21-26(16,24)25/h11-12H,2-10H2,1H3,(H,20,23). The number of nitrogens with zero attached hydrogens (tertiary/aromatic N) is 2. The molecule has 1 aromatic rings. The Labute approximate surface area is 159 Å². The summed E-state index contributed by atoms with van der Waals surface area (Å²) < 4.78 is 29.3. The van der Waals surface area contributed by atoms with Crippen molar-refractivity contribution in [2.75, 3.05) is 18.0 Å². The third kappa shape index (κ3) is 3.88. The third-order valence-electron chi connectivity index (χ3n) is 4.75. The third-order valence-corrected chi connectivity index (χ3v) is 6.39. The highest BCUT2D eigenvalue weighted by Gasteiger charge is 2.33. The van der Waals surface area contributed by atoms with Crippen LogP contribution in [-0.4, -0.2) is 33.3 Å². The van der Waals surface area contributed by atoms with Crippen molar-refractivity contribution < 1.29 is 13.2 Å². The number of halogens is 1. The average Bonchev–Trinajstić information content (AvgIpc) is 2.83. The second-order valence-electron chi connectivity index (χ2n) is 6.71. The van der Waals surface area contributed by atoms with Crippen LogP contribution in [0.15, 0.2) is 21.4 Å². The molecule has 2 aliphatic heterocycles. The molecule has 1 saturated heterocycles. The van der Waals surface area contributed by atoms with E-state index in [1.54, 1.807) is 6.07 Å². The Morgan fingerprint density at radius 3 is 2.85 bits per heavy atom. The van der Waals surface area contributed by atoms with Crippen LogP contribution in [0.3, 0.4) is 0 Å². The lowest BCUT2D eigenvalue weighted by Gasteiger charge is -2.30. The van der Waals surface area contributed by atoms with Gasteiger partial charge < -0.3 is 10.2 Å². The SMILES string of the molecule is CCCCCNC(=O)c1cc2c(cc1Cl)N1CCCCCC1=NS2(=O)=O. The molecule has 0 aromatic heterocycles. The summed E-state index contributed by atoms with van der Waals surface area (Å²) in [5, 5.41) is 3.07. The maximum atomic E-state index is 12.6. The van der Waals surface area contributed by atoms with Crippen LogP contribution in [0.4, 0.5) is 5.69 Å². The highest BCUT2D eigenvalue weighted by atomic mass is 35.5. The number of fused-ring (bicyclic) bond motifs is 3. The van der Waals surface area contributed by atoms with Crippen molar-refractivity contribution in [2.24, 2.45) is 4.40 Å². The summed E-state index contributed by atoms with van der Waals surface area (Å²) in [7, 11) is -3.82. The number of sulfonamides is 1. The number of unbranched alkanes of at least 4 members (excludes halogenated alkanes) is 2. The smallest absolute Gasteiger partial charge is 0.286 e. The molecular weight excluding hydrogens is 374 g/mol. The summed E-state index contributed by atoms with van der Waals surface area (Å²) in [6.45, 7) is 3.34. The van der Waals surface area contributed by atoms with E-state index in [-0.39, 0.29) is 21.4 Å². The van der Waals surface area contributed by atoms with E-state index in [9.17, 15) is 13.2 Å². The van der Waals surface area contributed by atoms with E-state index in [0.717, 1.165) is 38.5 Å². The minimum absolute atomic E-state index is 0.0614. The molecule has 1 fully saturated rings. The quantitative estimate of drug-likeness (QED) is 0.767. The van der Waals surface area contributed by atoms with Gasteiger partial charge in [-0.3, -0.25) is 4.79 Å². The van der Waals surface area contributed by atoms with E-state index >= 15 is 0 Å². The van der Waals surface area contributed by atoms with Gasteiger partial charge in [-0.15, -0.1) is 4.40 Å². The van der Waals surface area contributed by atoms with Gasteiger partial charge in [-0.1, -0.05) is 37.8 Å². The summed E-state index contributed by atoms with van der Waals surface area (Å²) in [4.78, 5) is 14.4. The Morgan fingerprint density at radius 2 is 2.08 bits per heavy atom. The molecule has 2 aliphatic rings. The van der Waals surface area contributed by atoms with Gasteiger partial charge in [0.05, 0.1) is 16.3 Å². The Hall–Kier alpha value is -1.60. The van der Waals surface area contributed by atoms with Gasteiger partial charge in [0.2, 0.25) is 0 Å². The van der Waals surface area contributed by atoms with Gasteiger partial charge in [-0.25, -0.2) is 0 Å². The van der Waals surface area contributed by atoms with Crippen molar-refractivity contribution >= 4 is 39.1 Å². The average molecular weight is 398 g/mol. The molecule has 1 N–H and O–H groups in total. The van der Waals surface area contributed by atoms with Crippen molar-refractivity contribution in [1.82, 2.24) is 5.32 Å². The summed E-state index contributed by atoms with van der Waals surface area (Å²) in [6.07, 6.45) is 6.53. The topological polar surface area (TPSA) is 78.8 Å². The molecule has 1 amide bonds. The van der Waals surface area contributed by atoms with Crippen molar-refractivity contribution in [3.63, 3.8) is 0 Å². The van der Waals surface area contributed by atoms with Crippen LogP contribution in [-0.2, 0) is 10.0 Å². The molecule has 2 heterocycles. The lowest BCUT2D eigenvalue weighted by molar-refractivity contribution is 0.0953. The van der Waals surface area contributed by atoms with E-state index in [1.165, 1.54) is 6.07 Å². The first-order chi connectivity index (χ1) is 12.4. The van der Waals surface area contributed by atoms with Crippen LogP contribution in [0.2, 0.25) is 5.02 Å². The fourth-order valence-electron chi connectivity index (χ4n) is 3.34. The second-order valence-corrected chi connectivity index (χ2v) is 8.69. The molecule has 0 saturated carbocycles. The molecule has 0 atom stereocenters. The van der Waals surface area contributed by atoms with Gasteiger partial charge in [0.1, 0.15) is 10.7 Å². The normalized spacial score (nSPS) is 18.4. The molecule has 6 nitrogen and oxygen atoms in total. The van der Waals surface area contributed by atoms with Crippen molar-refractivity contribution in [3.8, 4) is 0 Å². The number of nitrogens with one attached hydrogen (secondary N) is 1. The molecule has 142 valence electrons. The summed E-state index contributed by atoms with van der Waals surface area (Å²) in [6, 6.07) is 2.96. The Kier molecular flexibility index (Phi) is 5.87. The van der Waals surface area contributed by atoms with Crippen molar-refractivity contribution in [3.05, 3.63) is 22.7 Å². The Bertz CT molecular complexity index is 836. The van der Waals surface area contributed by atoms with Crippen molar-refractivity contribution in [2.45, 2.75) is 56.8 Å². The van der Waals surface area contributed by atoms with Gasteiger partial charge in [0.25, 0.3) is 15.9 Å².